The minimum atomic E-state index is -0.441. The number of hydrogen-bond donors (Lipinski definition) is 0. The quantitative estimate of drug-likeness (QED) is 0.391. The van der Waals surface area contributed by atoms with Crippen molar-refractivity contribution in [1.29, 1.82) is 0 Å². The van der Waals surface area contributed by atoms with Crippen LogP contribution in [0.4, 0.5) is 11.4 Å². The van der Waals surface area contributed by atoms with Gasteiger partial charge in [-0.15, -0.1) is 0 Å². The number of aryl methyl sites for hydroxylation is 1. The largest absolute Gasteiger partial charge is 0.284 e. The van der Waals surface area contributed by atoms with E-state index in [2.05, 4.69) is 4.99 Å². The van der Waals surface area contributed by atoms with Crippen molar-refractivity contribution in [2.75, 3.05) is 0 Å². The van der Waals surface area contributed by atoms with E-state index in [0.29, 0.717) is 10.1 Å². The van der Waals surface area contributed by atoms with Crippen molar-refractivity contribution in [3.63, 3.8) is 0 Å². The van der Waals surface area contributed by atoms with Crippen molar-refractivity contribution in [3.05, 3.63) is 74.7 Å². The van der Waals surface area contributed by atoms with E-state index in [1.807, 2.05) is 45.0 Å². The van der Waals surface area contributed by atoms with Gasteiger partial charge in [-0.2, -0.15) is 0 Å². The monoisotopic (exact) mass is 395 g/mol. The summed E-state index contributed by atoms with van der Waals surface area (Å²) in [6, 6.07) is 14.0. The first-order valence-electron chi connectivity index (χ1n) is 9.02. The minimum absolute atomic E-state index is 0.0203. The molecule has 0 aromatic heterocycles. The lowest BCUT2D eigenvalue weighted by molar-refractivity contribution is -0.384. The van der Waals surface area contributed by atoms with Crippen molar-refractivity contribution in [2.45, 2.75) is 33.2 Å². The molecule has 1 atom stereocenters. The third-order valence-corrected chi connectivity index (χ3v) is 5.51. The number of carbonyl (C=O) groups excluding carboxylic acids is 1. The lowest BCUT2D eigenvalue weighted by Gasteiger charge is -2.22. The average molecular weight is 395 g/mol. The molecule has 1 amide bonds. The van der Waals surface area contributed by atoms with E-state index < -0.39 is 4.92 Å². The summed E-state index contributed by atoms with van der Waals surface area (Å²) in [6.07, 6.45) is 2.56. The molecule has 1 aliphatic rings. The van der Waals surface area contributed by atoms with Crippen LogP contribution in [0.2, 0.25) is 0 Å². The van der Waals surface area contributed by atoms with Crippen molar-refractivity contribution in [1.82, 2.24) is 4.90 Å². The first-order chi connectivity index (χ1) is 13.4. The maximum Gasteiger partial charge on any atom is 0.269 e. The Bertz CT molecular complexity index is 950. The molecule has 1 fully saturated rings. The highest BCUT2D eigenvalue weighted by molar-refractivity contribution is 8.18. The van der Waals surface area contributed by atoms with E-state index in [1.54, 1.807) is 23.1 Å². The van der Waals surface area contributed by atoms with E-state index in [0.717, 1.165) is 23.2 Å². The van der Waals surface area contributed by atoms with E-state index in [-0.39, 0.29) is 17.6 Å². The maximum absolute atomic E-state index is 13.0. The van der Waals surface area contributed by atoms with Crippen LogP contribution in [0.1, 0.15) is 31.4 Å². The molecule has 1 saturated heterocycles. The molecule has 7 heteroatoms. The lowest BCUT2D eigenvalue weighted by Crippen LogP contribution is -2.36. The Kier molecular flexibility index (Phi) is 5.94. The lowest BCUT2D eigenvalue weighted by atomic mass is 10.2. The second kappa shape index (κ2) is 8.39. The Morgan fingerprint density at radius 1 is 1.18 bits per heavy atom. The highest BCUT2D eigenvalue weighted by Crippen LogP contribution is 2.36. The summed E-state index contributed by atoms with van der Waals surface area (Å²) >= 11 is 1.33. The van der Waals surface area contributed by atoms with E-state index in [9.17, 15) is 14.9 Å². The van der Waals surface area contributed by atoms with Crippen LogP contribution < -0.4 is 0 Å². The van der Waals surface area contributed by atoms with Gasteiger partial charge in [-0.1, -0.05) is 24.6 Å². The molecule has 0 radical (unpaired) electrons. The van der Waals surface area contributed by atoms with Gasteiger partial charge in [0.05, 0.1) is 15.5 Å². The maximum atomic E-state index is 13.0. The number of nitro groups is 1. The summed E-state index contributed by atoms with van der Waals surface area (Å²) < 4.78 is 0. The summed E-state index contributed by atoms with van der Waals surface area (Å²) in [5.74, 6) is -0.0939. The number of rotatable bonds is 5. The van der Waals surface area contributed by atoms with Crippen LogP contribution in [0.15, 0.2) is 58.4 Å². The predicted molar refractivity (Wildman–Crippen MR) is 114 cm³/mol. The van der Waals surface area contributed by atoms with Crippen molar-refractivity contribution in [2.24, 2.45) is 4.99 Å². The number of amides is 1. The second-order valence-electron chi connectivity index (χ2n) is 6.62. The molecule has 0 unspecified atom stereocenters. The minimum Gasteiger partial charge on any atom is -0.284 e. The van der Waals surface area contributed by atoms with E-state index >= 15 is 0 Å². The highest BCUT2D eigenvalue weighted by atomic mass is 32.2. The SMILES string of the molecule is CC[C@H](C)N1C(=O)/C(=C\c2ccc([N+](=O)[O-])cc2)SC1=Nc1ccc(C)cc1. The van der Waals surface area contributed by atoms with Crippen molar-refractivity contribution in [3.8, 4) is 0 Å². The van der Waals surface area contributed by atoms with Gasteiger partial charge >= 0.3 is 0 Å². The molecule has 1 heterocycles. The number of thioether (sulfide) groups is 1. The number of carbonyl (C=O) groups is 1. The van der Waals surface area contributed by atoms with Crippen molar-refractivity contribution < 1.29 is 9.72 Å². The zero-order valence-corrected chi connectivity index (χ0v) is 16.8. The predicted octanol–water partition coefficient (Wildman–Crippen LogP) is 5.31. The van der Waals surface area contributed by atoms with Crippen LogP contribution in [0.5, 0.6) is 0 Å². The number of aliphatic imine (C=N–C) groups is 1. The van der Waals surface area contributed by atoms with Gasteiger partial charge in [0.2, 0.25) is 0 Å². The molecule has 2 aromatic rings. The number of non-ortho nitro benzene ring substituents is 1. The average Bonchev–Trinajstić information content (AvgIpc) is 2.98. The van der Waals surface area contributed by atoms with Gasteiger partial charge in [-0.05, 0) is 67.9 Å². The number of hydrogen-bond acceptors (Lipinski definition) is 5. The summed E-state index contributed by atoms with van der Waals surface area (Å²) in [6.45, 7) is 6.04. The zero-order chi connectivity index (χ0) is 20.3. The number of benzene rings is 2. The molecular formula is C21H21N3O3S. The van der Waals surface area contributed by atoms with Gasteiger partial charge in [0.25, 0.3) is 11.6 Å². The van der Waals surface area contributed by atoms with Gasteiger partial charge in [-0.3, -0.25) is 19.8 Å². The van der Waals surface area contributed by atoms with Gasteiger partial charge in [0, 0.05) is 18.2 Å². The fourth-order valence-corrected chi connectivity index (χ4v) is 3.80. The van der Waals surface area contributed by atoms with Crippen LogP contribution in [0, 0.1) is 17.0 Å². The first-order valence-corrected chi connectivity index (χ1v) is 9.83. The van der Waals surface area contributed by atoms with Crippen LogP contribution in [-0.4, -0.2) is 26.9 Å². The van der Waals surface area contributed by atoms with Crippen LogP contribution in [-0.2, 0) is 4.79 Å². The molecule has 144 valence electrons. The Balaban J connectivity index is 1.94. The topological polar surface area (TPSA) is 75.8 Å². The third-order valence-electron chi connectivity index (χ3n) is 4.53. The Hall–Kier alpha value is -2.93. The molecule has 0 N–H and O–H groups in total. The summed E-state index contributed by atoms with van der Waals surface area (Å²) in [5.41, 5.74) is 2.71. The molecule has 1 aliphatic heterocycles. The summed E-state index contributed by atoms with van der Waals surface area (Å²) in [5, 5.41) is 11.5. The fourth-order valence-electron chi connectivity index (χ4n) is 2.71. The molecule has 0 spiro atoms. The highest BCUT2D eigenvalue weighted by Gasteiger charge is 2.36. The summed E-state index contributed by atoms with van der Waals surface area (Å²) in [7, 11) is 0. The second-order valence-corrected chi connectivity index (χ2v) is 7.63. The fraction of sp³-hybridized carbons (Fsp3) is 0.238. The molecule has 2 aromatic carbocycles. The normalized spacial score (nSPS) is 18.1. The Morgan fingerprint density at radius 3 is 2.39 bits per heavy atom. The van der Waals surface area contributed by atoms with Gasteiger partial charge < -0.3 is 0 Å². The number of amidine groups is 1. The van der Waals surface area contributed by atoms with Crippen molar-refractivity contribution >= 4 is 40.3 Å². The van der Waals surface area contributed by atoms with Gasteiger partial charge in [-0.25, -0.2) is 4.99 Å². The van der Waals surface area contributed by atoms with E-state index in [4.69, 9.17) is 0 Å². The molecule has 0 saturated carbocycles. The molecule has 0 bridgehead atoms. The van der Waals surface area contributed by atoms with E-state index in [1.165, 1.54) is 23.9 Å². The summed E-state index contributed by atoms with van der Waals surface area (Å²) in [4.78, 5) is 30.3. The third kappa shape index (κ3) is 4.31. The standard InChI is InChI=1S/C21H21N3O3S/c1-4-15(3)23-20(25)19(13-16-7-11-18(12-8-16)24(26)27)28-21(23)22-17-9-5-14(2)6-10-17/h5-13,15H,4H2,1-3H3/b19-13+,22-21?/t15-/m0/s1. The number of nitrogens with zero attached hydrogens (tertiary/aromatic N) is 3. The Labute approximate surface area is 168 Å². The first kappa shape index (κ1) is 19.8. The van der Waals surface area contributed by atoms with Gasteiger partial charge in [0.1, 0.15) is 0 Å². The smallest absolute Gasteiger partial charge is 0.269 e. The van der Waals surface area contributed by atoms with Crippen LogP contribution in [0.25, 0.3) is 6.08 Å². The van der Waals surface area contributed by atoms with Crippen LogP contribution in [0.3, 0.4) is 0 Å². The Morgan fingerprint density at radius 2 is 1.82 bits per heavy atom. The molecule has 28 heavy (non-hydrogen) atoms. The molecule has 3 rings (SSSR count). The molecular weight excluding hydrogens is 374 g/mol. The number of nitro benzene ring substituents is 1. The van der Waals surface area contributed by atoms with Crippen LogP contribution >= 0.6 is 11.8 Å². The molecule has 0 aliphatic carbocycles. The molecule has 6 nitrogen and oxygen atoms in total. The zero-order valence-electron chi connectivity index (χ0n) is 16.0. The van der Waals surface area contributed by atoms with Gasteiger partial charge in [0.15, 0.2) is 5.17 Å².